The van der Waals surface area contributed by atoms with Crippen molar-refractivity contribution in [3.63, 3.8) is 0 Å². The zero-order valence-corrected chi connectivity index (χ0v) is 12.2. The van der Waals surface area contributed by atoms with E-state index in [1.54, 1.807) is 10.9 Å². The van der Waals surface area contributed by atoms with Crippen LogP contribution in [0.4, 0.5) is 11.9 Å². The summed E-state index contributed by atoms with van der Waals surface area (Å²) in [6.07, 6.45) is 5.69. The van der Waals surface area contributed by atoms with E-state index >= 15 is 0 Å². The maximum absolute atomic E-state index is 4.41. The van der Waals surface area contributed by atoms with Gasteiger partial charge in [-0.3, -0.25) is 0 Å². The lowest BCUT2D eigenvalue weighted by Crippen LogP contribution is -2.19. The Morgan fingerprint density at radius 3 is 2.65 bits per heavy atom. The lowest BCUT2D eigenvalue weighted by Gasteiger charge is -2.14. The molecule has 2 aromatic rings. The van der Waals surface area contributed by atoms with Gasteiger partial charge in [0.2, 0.25) is 11.9 Å². The Balaban J connectivity index is 2.26. The number of rotatable bonds is 7. The molecule has 0 fully saturated rings. The lowest BCUT2D eigenvalue weighted by atomic mass is 10.2. The van der Waals surface area contributed by atoms with Gasteiger partial charge in [0.25, 0.3) is 5.95 Å². The lowest BCUT2D eigenvalue weighted by molar-refractivity contribution is 0.680. The van der Waals surface area contributed by atoms with E-state index < -0.39 is 0 Å². The van der Waals surface area contributed by atoms with E-state index in [1.807, 2.05) is 19.2 Å². The third-order valence-electron chi connectivity index (χ3n) is 2.77. The molecule has 2 heterocycles. The molecule has 0 aliphatic rings. The average molecular weight is 275 g/mol. The highest BCUT2D eigenvalue weighted by atomic mass is 15.4. The number of hydrogen-bond donors (Lipinski definition) is 2. The Labute approximate surface area is 118 Å². The Morgan fingerprint density at radius 1 is 1.20 bits per heavy atom. The third-order valence-corrected chi connectivity index (χ3v) is 2.77. The summed E-state index contributed by atoms with van der Waals surface area (Å²) in [5.74, 6) is 1.63. The van der Waals surface area contributed by atoms with Crippen LogP contribution in [0.25, 0.3) is 5.95 Å². The summed E-state index contributed by atoms with van der Waals surface area (Å²) in [7, 11) is 0. The second kappa shape index (κ2) is 6.83. The van der Waals surface area contributed by atoms with Crippen LogP contribution in [-0.4, -0.2) is 37.3 Å². The number of nitrogens with one attached hydrogen (secondary N) is 2. The van der Waals surface area contributed by atoms with Gasteiger partial charge in [-0.2, -0.15) is 20.1 Å². The van der Waals surface area contributed by atoms with Gasteiger partial charge in [0.15, 0.2) is 0 Å². The summed E-state index contributed by atoms with van der Waals surface area (Å²) >= 11 is 0. The fourth-order valence-corrected chi connectivity index (χ4v) is 1.88. The first-order valence-electron chi connectivity index (χ1n) is 6.99. The normalized spacial score (nSPS) is 12.2. The smallest absolute Gasteiger partial charge is 0.257 e. The van der Waals surface area contributed by atoms with Crippen molar-refractivity contribution in [1.82, 2.24) is 24.7 Å². The zero-order valence-electron chi connectivity index (χ0n) is 12.2. The summed E-state index contributed by atoms with van der Waals surface area (Å²) in [6.45, 7) is 7.04. The van der Waals surface area contributed by atoms with Crippen molar-refractivity contribution >= 4 is 11.9 Å². The van der Waals surface area contributed by atoms with E-state index in [0.717, 1.165) is 19.4 Å². The molecule has 2 rings (SSSR count). The standard InChI is InChI=1S/C13H21N7/c1-4-7-10(3)16-12-17-11(14-5-2)18-13(19-12)20-9-6-8-15-20/h6,8-10H,4-5,7H2,1-3H3,(H2,14,16,17,18,19). The predicted octanol–water partition coefficient (Wildman–Crippen LogP) is 2.09. The molecule has 0 bridgehead atoms. The van der Waals surface area contributed by atoms with E-state index in [1.165, 1.54) is 0 Å². The highest BCUT2D eigenvalue weighted by Crippen LogP contribution is 2.11. The van der Waals surface area contributed by atoms with Gasteiger partial charge < -0.3 is 10.6 Å². The minimum Gasteiger partial charge on any atom is -0.354 e. The summed E-state index contributed by atoms with van der Waals surface area (Å²) in [6, 6.07) is 2.16. The van der Waals surface area contributed by atoms with E-state index in [0.29, 0.717) is 23.9 Å². The quantitative estimate of drug-likeness (QED) is 0.805. The van der Waals surface area contributed by atoms with Crippen molar-refractivity contribution in [2.45, 2.75) is 39.7 Å². The Bertz CT molecular complexity index is 524. The SMILES string of the molecule is CCCC(C)Nc1nc(NCC)nc(-n2cccn2)n1. The zero-order chi connectivity index (χ0) is 14.4. The molecule has 1 unspecified atom stereocenters. The molecule has 0 saturated carbocycles. The van der Waals surface area contributed by atoms with E-state index in [2.05, 4.69) is 44.5 Å². The predicted molar refractivity (Wildman–Crippen MR) is 79.1 cm³/mol. The molecular formula is C13H21N7. The van der Waals surface area contributed by atoms with Gasteiger partial charge in [-0.15, -0.1) is 0 Å². The van der Waals surface area contributed by atoms with Crippen molar-refractivity contribution in [1.29, 1.82) is 0 Å². The summed E-state index contributed by atoms with van der Waals surface area (Å²) in [5, 5.41) is 10.6. The molecule has 7 nitrogen and oxygen atoms in total. The van der Waals surface area contributed by atoms with Gasteiger partial charge in [-0.05, 0) is 26.3 Å². The molecule has 0 aliphatic heterocycles. The first kappa shape index (κ1) is 14.2. The van der Waals surface area contributed by atoms with Crippen molar-refractivity contribution in [2.24, 2.45) is 0 Å². The van der Waals surface area contributed by atoms with E-state index in [-0.39, 0.29) is 0 Å². The molecule has 0 amide bonds. The van der Waals surface area contributed by atoms with Crippen LogP contribution in [0, 0.1) is 0 Å². The van der Waals surface area contributed by atoms with Gasteiger partial charge in [0, 0.05) is 25.0 Å². The molecule has 2 N–H and O–H groups in total. The second-order valence-corrected chi connectivity index (χ2v) is 4.60. The molecule has 0 aliphatic carbocycles. The van der Waals surface area contributed by atoms with E-state index in [4.69, 9.17) is 0 Å². The molecule has 0 radical (unpaired) electrons. The number of hydrogen-bond acceptors (Lipinski definition) is 6. The van der Waals surface area contributed by atoms with Gasteiger partial charge >= 0.3 is 0 Å². The Kier molecular flexibility index (Phi) is 4.86. The maximum Gasteiger partial charge on any atom is 0.257 e. The van der Waals surface area contributed by atoms with Crippen LogP contribution in [0.3, 0.4) is 0 Å². The van der Waals surface area contributed by atoms with Crippen LogP contribution in [0.2, 0.25) is 0 Å². The topological polar surface area (TPSA) is 80.5 Å². The molecule has 0 aromatic carbocycles. The highest BCUT2D eigenvalue weighted by molar-refractivity contribution is 5.38. The Hall–Kier alpha value is -2.18. The van der Waals surface area contributed by atoms with E-state index in [9.17, 15) is 0 Å². The fraction of sp³-hybridized carbons (Fsp3) is 0.538. The van der Waals surface area contributed by atoms with Crippen LogP contribution in [0.15, 0.2) is 18.5 Å². The average Bonchev–Trinajstić information content (AvgIpc) is 2.93. The number of anilines is 2. The Morgan fingerprint density at radius 2 is 2.00 bits per heavy atom. The van der Waals surface area contributed by atoms with Crippen molar-refractivity contribution in [2.75, 3.05) is 17.2 Å². The monoisotopic (exact) mass is 275 g/mol. The van der Waals surface area contributed by atoms with Crippen LogP contribution in [-0.2, 0) is 0 Å². The van der Waals surface area contributed by atoms with Crippen molar-refractivity contribution < 1.29 is 0 Å². The summed E-state index contributed by atoms with van der Waals surface area (Å²) in [4.78, 5) is 13.1. The maximum atomic E-state index is 4.41. The van der Waals surface area contributed by atoms with Crippen LogP contribution in [0.5, 0.6) is 0 Å². The molecule has 20 heavy (non-hydrogen) atoms. The van der Waals surface area contributed by atoms with Gasteiger partial charge in [-0.1, -0.05) is 13.3 Å². The molecule has 1 atom stereocenters. The third kappa shape index (κ3) is 3.66. The minimum absolute atomic E-state index is 0.322. The summed E-state index contributed by atoms with van der Waals surface area (Å²) in [5.41, 5.74) is 0. The minimum atomic E-state index is 0.322. The molecule has 108 valence electrons. The largest absolute Gasteiger partial charge is 0.354 e. The number of nitrogens with zero attached hydrogens (tertiary/aromatic N) is 5. The second-order valence-electron chi connectivity index (χ2n) is 4.60. The van der Waals surface area contributed by atoms with Gasteiger partial charge in [0.1, 0.15) is 0 Å². The molecule has 0 saturated heterocycles. The number of aromatic nitrogens is 5. The van der Waals surface area contributed by atoms with Crippen molar-refractivity contribution in [3.8, 4) is 5.95 Å². The first-order chi connectivity index (χ1) is 9.72. The molecule has 7 heteroatoms. The summed E-state index contributed by atoms with van der Waals surface area (Å²) < 4.78 is 1.62. The van der Waals surface area contributed by atoms with Crippen LogP contribution >= 0.6 is 0 Å². The first-order valence-corrected chi connectivity index (χ1v) is 6.99. The highest BCUT2D eigenvalue weighted by Gasteiger charge is 2.10. The van der Waals surface area contributed by atoms with Gasteiger partial charge in [-0.25, -0.2) is 4.68 Å². The van der Waals surface area contributed by atoms with Crippen LogP contribution < -0.4 is 10.6 Å². The van der Waals surface area contributed by atoms with Gasteiger partial charge in [0.05, 0.1) is 0 Å². The fourth-order valence-electron chi connectivity index (χ4n) is 1.88. The van der Waals surface area contributed by atoms with Crippen LogP contribution in [0.1, 0.15) is 33.6 Å². The van der Waals surface area contributed by atoms with Crippen molar-refractivity contribution in [3.05, 3.63) is 18.5 Å². The molecule has 0 spiro atoms. The molecule has 2 aromatic heterocycles. The molecular weight excluding hydrogens is 254 g/mol.